The summed E-state index contributed by atoms with van der Waals surface area (Å²) < 4.78 is 16.5. The van der Waals surface area contributed by atoms with Crippen molar-refractivity contribution in [2.45, 2.75) is 26.4 Å². The number of likely N-dealkylation sites (tertiary alicyclic amines) is 1. The molecule has 1 atom stereocenters. The normalized spacial score (nSPS) is 16.4. The van der Waals surface area contributed by atoms with E-state index in [0.29, 0.717) is 36.3 Å². The molecule has 148 valence electrons. The molecular weight excluding hydrogens is 358 g/mol. The van der Waals surface area contributed by atoms with Crippen molar-refractivity contribution in [2.75, 3.05) is 27.3 Å². The number of nitrogens with zero attached hydrogens (tertiary/aromatic N) is 3. The Morgan fingerprint density at radius 2 is 1.93 bits per heavy atom. The van der Waals surface area contributed by atoms with Crippen LogP contribution in [0.15, 0.2) is 30.3 Å². The lowest BCUT2D eigenvalue weighted by molar-refractivity contribution is -0.125. The Balaban J connectivity index is 1.59. The quantitative estimate of drug-likeness (QED) is 0.714. The van der Waals surface area contributed by atoms with Crippen LogP contribution in [0.1, 0.15) is 23.5 Å². The Kier molecular flexibility index (Phi) is 6.13. The van der Waals surface area contributed by atoms with E-state index in [1.807, 2.05) is 38.1 Å². The van der Waals surface area contributed by atoms with E-state index in [1.54, 1.807) is 31.3 Å². The topological polar surface area (TPSA) is 73.8 Å². The second-order valence-corrected chi connectivity index (χ2v) is 6.66. The zero-order valence-corrected chi connectivity index (χ0v) is 16.6. The highest BCUT2D eigenvalue weighted by molar-refractivity contribution is 5.92. The Hall–Kier alpha value is -3.09. The van der Waals surface area contributed by atoms with E-state index in [1.165, 1.54) is 0 Å². The predicted molar refractivity (Wildman–Crippen MR) is 106 cm³/mol. The predicted octanol–water partition coefficient (Wildman–Crippen LogP) is 2.80. The lowest BCUT2D eigenvalue weighted by atomic mass is 10.2. The Morgan fingerprint density at radius 3 is 2.64 bits per heavy atom. The molecule has 1 saturated heterocycles. The van der Waals surface area contributed by atoms with E-state index >= 15 is 0 Å². The molecule has 1 aromatic heterocycles. The minimum atomic E-state index is -0.0628. The molecule has 28 heavy (non-hydrogen) atoms. The van der Waals surface area contributed by atoms with Gasteiger partial charge < -0.3 is 19.1 Å². The van der Waals surface area contributed by atoms with Crippen LogP contribution in [-0.2, 0) is 4.79 Å². The highest BCUT2D eigenvalue weighted by Gasteiger charge is 2.27. The fraction of sp³-hybridized carbons (Fsp3) is 0.381. The summed E-state index contributed by atoms with van der Waals surface area (Å²) in [6.07, 6.45) is 4.06. The number of benzene rings is 1. The standard InChI is InChI=1S/C21H25N3O4/c1-14-11-20(23-15(2)22-14)28-17-9-10-24(13-17)21(25)8-6-16-5-7-18(26-3)19(12-16)27-4/h5-8,11-12,17H,9-10,13H2,1-4H3/b8-6+/t17-/m0/s1. The number of aryl methyl sites for hydroxylation is 2. The Labute approximate surface area is 165 Å². The number of hydrogen-bond acceptors (Lipinski definition) is 6. The van der Waals surface area contributed by atoms with Crippen LogP contribution in [0, 0.1) is 13.8 Å². The number of aromatic nitrogens is 2. The van der Waals surface area contributed by atoms with Gasteiger partial charge in [-0.1, -0.05) is 6.07 Å². The summed E-state index contributed by atoms with van der Waals surface area (Å²) in [7, 11) is 3.17. The third-order valence-electron chi connectivity index (χ3n) is 4.51. The molecule has 2 aromatic rings. The van der Waals surface area contributed by atoms with Crippen molar-refractivity contribution in [3.63, 3.8) is 0 Å². The smallest absolute Gasteiger partial charge is 0.246 e. The number of carbonyl (C=O) groups excluding carboxylic acids is 1. The van der Waals surface area contributed by atoms with E-state index in [0.717, 1.165) is 17.7 Å². The van der Waals surface area contributed by atoms with Crippen LogP contribution < -0.4 is 14.2 Å². The van der Waals surface area contributed by atoms with Crippen LogP contribution in [0.4, 0.5) is 0 Å². The molecule has 0 aliphatic carbocycles. The van der Waals surface area contributed by atoms with Gasteiger partial charge in [0.1, 0.15) is 11.9 Å². The number of carbonyl (C=O) groups is 1. The minimum absolute atomic E-state index is 0.0454. The largest absolute Gasteiger partial charge is 0.493 e. The molecular formula is C21H25N3O4. The van der Waals surface area contributed by atoms with Crippen LogP contribution in [0.2, 0.25) is 0 Å². The fourth-order valence-electron chi connectivity index (χ4n) is 3.17. The molecule has 1 fully saturated rings. The molecule has 0 spiro atoms. The highest BCUT2D eigenvalue weighted by Crippen LogP contribution is 2.28. The second kappa shape index (κ2) is 8.73. The number of rotatable bonds is 6. The van der Waals surface area contributed by atoms with Gasteiger partial charge in [0.25, 0.3) is 0 Å². The first-order valence-corrected chi connectivity index (χ1v) is 9.16. The first-order chi connectivity index (χ1) is 13.5. The molecule has 1 amide bonds. The molecule has 7 heteroatoms. The van der Waals surface area contributed by atoms with Crippen molar-refractivity contribution in [2.24, 2.45) is 0 Å². The van der Waals surface area contributed by atoms with E-state index in [4.69, 9.17) is 14.2 Å². The van der Waals surface area contributed by atoms with Gasteiger partial charge in [-0.05, 0) is 37.6 Å². The summed E-state index contributed by atoms with van der Waals surface area (Å²) in [5.41, 5.74) is 1.73. The maximum Gasteiger partial charge on any atom is 0.246 e. The van der Waals surface area contributed by atoms with Gasteiger partial charge in [0, 0.05) is 30.8 Å². The van der Waals surface area contributed by atoms with E-state index in [2.05, 4.69) is 9.97 Å². The van der Waals surface area contributed by atoms with Crippen molar-refractivity contribution in [3.05, 3.63) is 47.4 Å². The molecule has 0 unspecified atom stereocenters. The molecule has 0 saturated carbocycles. The summed E-state index contributed by atoms with van der Waals surface area (Å²) in [6.45, 7) is 4.94. The van der Waals surface area contributed by atoms with Crippen molar-refractivity contribution >= 4 is 12.0 Å². The average Bonchev–Trinajstić information content (AvgIpc) is 3.13. The summed E-state index contributed by atoms with van der Waals surface area (Å²) in [5.74, 6) is 2.47. The zero-order chi connectivity index (χ0) is 20.1. The first-order valence-electron chi connectivity index (χ1n) is 9.16. The lowest BCUT2D eigenvalue weighted by Crippen LogP contribution is -2.29. The van der Waals surface area contributed by atoms with E-state index < -0.39 is 0 Å². The molecule has 7 nitrogen and oxygen atoms in total. The summed E-state index contributed by atoms with van der Waals surface area (Å²) in [4.78, 5) is 22.8. The number of hydrogen-bond donors (Lipinski definition) is 0. The first kappa shape index (κ1) is 19.7. The van der Waals surface area contributed by atoms with E-state index in [9.17, 15) is 4.79 Å². The van der Waals surface area contributed by atoms with Gasteiger partial charge in [-0.2, -0.15) is 4.98 Å². The Morgan fingerprint density at radius 1 is 1.14 bits per heavy atom. The summed E-state index contributed by atoms with van der Waals surface area (Å²) in [6, 6.07) is 7.34. The second-order valence-electron chi connectivity index (χ2n) is 6.66. The summed E-state index contributed by atoms with van der Waals surface area (Å²) in [5, 5.41) is 0. The van der Waals surface area contributed by atoms with Gasteiger partial charge in [0.05, 0.1) is 20.8 Å². The van der Waals surface area contributed by atoms with Gasteiger partial charge in [-0.3, -0.25) is 4.79 Å². The molecule has 1 aliphatic rings. The van der Waals surface area contributed by atoms with Crippen LogP contribution >= 0.6 is 0 Å². The molecule has 2 heterocycles. The highest BCUT2D eigenvalue weighted by atomic mass is 16.5. The zero-order valence-electron chi connectivity index (χ0n) is 16.6. The fourth-order valence-corrected chi connectivity index (χ4v) is 3.17. The molecule has 1 aromatic carbocycles. The third kappa shape index (κ3) is 4.79. The van der Waals surface area contributed by atoms with Crippen LogP contribution in [0.3, 0.4) is 0 Å². The molecule has 0 bridgehead atoms. The van der Waals surface area contributed by atoms with Gasteiger partial charge >= 0.3 is 0 Å². The average molecular weight is 383 g/mol. The summed E-state index contributed by atoms with van der Waals surface area (Å²) >= 11 is 0. The van der Waals surface area contributed by atoms with Crippen LogP contribution in [0.25, 0.3) is 6.08 Å². The number of ether oxygens (including phenoxy) is 3. The van der Waals surface area contributed by atoms with E-state index in [-0.39, 0.29) is 12.0 Å². The van der Waals surface area contributed by atoms with Crippen LogP contribution in [0.5, 0.6) is 17.4 Å². The molecule has 0 N–H and O–H groups in total. The van der Waals surface area contributed by atoms with Crippen LogP contribution in [-0.4, -0.2) is 54.2 Å². The molecule has 0 radical (unpaired) electrons. The monoisotopic (exact) mass is 383 g/mol. The van der Waals surface area contributed by atoms with Gasteiger partial charge in [-0.15, -0.1) is 0 Å². The number of methoxy groups -OCH3 is 2. The maximum absolute atomic E-state index is 12.5. The molecule has 3 rings (SSSR count). The number of amides is 1. The van der Waals surface area contributed by atoms with Crippen molar-refractivity contribution < 1.29 is 19.0 Å². The van der Waals surface area contributed by atoms with Gasteiger partial charge in [0.15, 0.2) is 11.5 Å². The van der Waals surface area contributed by atoms with Crippen molar-refractivity contribution in [1.29, 1.82) is 0 Å². The van der Waals surface area contributed by atoms with Gasteiger partial charge in [0.2, 0.25) is 11.8 Å². The van der Waals surface area contributed by atoms with Crippen molar-refractivity contribution in [3.8, 4) is 17.4 Å². The molecule has 1 aliphatic heterocycles. The minimum Gasteiger partial charge on any atom is -0.493 e. The maximum atomic E-state index is 12.5. The van der Waals surface area contributed by atoms with Crippen molar-refractivity contribution in [1.82, 2.24) is 14.9 Å². The third-order valence-corrected chi connectivity index (χ3v) is 4.51. The lowest BCUT2D eigenvalue weighted by Gasteiger charge is -2.15. The van der Waals surface area contributed by atoms with Gasteiger partial charge in [-0.25, -0.2) is 4.98 Å². The SMILES string of the molecule is COc1ccc(/C=C/C(=O)N2CC[C@H](Oc3cc(C)nc(C)n3)C2)cc1OC. The Bertz CT molecular complexity index is 862.